The van der Waals surface area contributed by atoms with Crippen LogP contribution in [0.25, 0.3) is 76.9 Å². The molecule has 2 aromatic heterocycles. The number of para-hydroxylation sites is 4. The lowest BCUT2D eigenvalue weighted by Gasteiger charge is -2.40. The molecule has 0 radical (unpaired) electrons. The van der Waals surface area contributed by atoms with E-state index in [1.165, 1.54) is 110 Å². The van der Waals surface area contributed by atoms with Gasteiger partial charge in [-0.3, -0.25) is 0 Å². The third kappa shape index (κ3) is 3.80. The normalized spacial score (nSPS) is 15.5. The van der Waals surface area contributed by atoms with Crippen molar-refractivity contribution >= 4 is 54.4 Å². The Bertz CT molecular complexity index is 3360. The molecule has 1 spiro atoms. The first-order chi connectivity index (χ1) is 27.8. The molecule has 2 aliphatic carbocycles. The Hall–Kier alpha value is -7.16. The van der Waals surface area contributed by atoms with Gasteiger partial charge in [0.1, 0.15) is 0 Å². The van der Waals surface area contributed by atoms with Gasteiger partial charge in [-0.1, -0.05) is 140 Å². The maximum Gasteiger partial charge on any atom is 0.0720 e. The minimum absolute atomic E-state index is 0.507. The Balaban J connectivity index is 1.17. The molecule has 9 aromatic carbocycles. The van der Waals surface area contributed by atoms with E-state index in [1.54, 1.807) is 0 Å². The second-order valence-corrected chi connectivity index (χ2v) is 15.6. The van der Waals surface area contributed by atoms with Crippen LogP contribution in [0.15, 0.2) is 194 Å². The highest BCUT2D eigenvalue weighted by Gasteiger charge is 2.50. The van der Waals surface area contributed by atoms with E-state index in [9.17, 15) is 0 Å². The molecule has 0 saturated carbocycles. The molecule has 0 bridgehead atoms. The zero-order valence-corrected chi connectivity index (χ0v) is 30.6. The molecule has 1 unspecified atom stereocenters. The highest BCUT2D eigenvalue weighted by molar-refractivity contribution is 6.10. The number of aromatic nitrogens is 2. The molecule has 260 valence electrons. The molecule has 13 rings (SSSR count). The van der Waals surface area contributed by atoms with Crippen LogP contribution in [0.2, 0.25) is 0 Å². The van der Waals surface area contributed by atoms with Gasteiger partial charge in [0.05, 0.1) is 27.5 Å². The van der Waals surface area contributed by atoms with Crippen LogP contribution in [0.1, 0.15) is 33.4 Å². The quantitative estimate of drug-likeness (QED) is 0.169. The average Bonchev–Trinajstić information content (AvgIpc) is 3.87. The first-order valence-corrected chi connectivity index (χ1v) is 19.6. The maximum absolute atomic E-state index is 2.52. The molecular formula is C54H34N2. The molecule has 11 aromatic rings. The van der Waals surface area contributed by atoms with Gasteiger partial charge in [0, 0.05) is 32.9 Å². The lowest BCUT2D eigenvalue weighted by Crippen LogP contribution is -2.34. The van der Waals surface area contributed by atoms with Crippen molar-refractivity contribution in [2.75, 3.05) is 0 Å². The SMILES string of the molecule is c1ccc2c(c1)Cc1cc3ccccc3cc1C21c2ccc(-n3c4ccccc4c4ccccc43)cc2-c2ccc(-n3c4ccccc4c4ccccc43)cc21. The van der Waals surface area contributed by atoms with E-state index in [-0.39, 0.29) is 0 Å². The fourth-order valence-electron chi connectivity index (χ4n) is 10.7. The summed E-state index contributed by atoms with van der Waals surface area (Å²) in [6, 6.07) is 73.0. The smallest absolute Gasteiger partial charge is 0.0720 e. The molecule has 56 heavy (non-hydrogen) atoms. The highest BCUT2D eigenvalue weighted by Crippen LogP contribution is 2.60. The molecule has 0 N–H and O–H groups in total. The summed E-state index contributed by atoms with van der Waals surface area (Å²) < 4.78 is 4.93. The third-order valence-corrected chi connectivity index (χ3v) is 13.0. The first-order valence-electron chi connectivity index (χ1n) is 19.6. The van der Waals surface area contributed by atoms with Gasteiger partial charge >= 0.3 is 0 Å². The van der Waals surface area contributed by atoms with Crippen LogP contribution in [0.5, 0.6) is 0 Å². The number of fused-ring (bicyclic) bond motifs is 16. The average molecular weight is 711 g/mol. The van der Waals surface area contributed by atoms with Crippen molar-refractivity contribution in [3.63, 3.8) is 0 Å². The van der Waals surface area contributed by atoms with E-state index in [2.05, 4.69) is 203 Å². The summed E-state index contributed by atoms with van der Waals surface area (Å²) in [5.41, 5.74) is 17.6. The van der Waals surface area contributed by atoms with Gasteiger partial charge in [-0.2, -0.15) is 0 Å². The van der Waals surface area contributed by atoms with Gasteiger partial charge in [-0.25, -0.2) is 0 Å². The zero-order valence-electron chi connectivity index (χ0n) is 30.6. The number of benzene rings is 9. The van der Waals surface area contributed by atoms with E-state index in [4.69, 9.17) is 0 Å². The molecule has 2 nitrogen and oxygen atoms in total. The van der Waals surface area contributed by atoms with Crippen molar-refractivity contribution in [3.8, 4) is 22.5 Å². The predicted octanol–water partition coefficient (Wildman–Crippen LogP) is 13.3. The molecule has 0 fully saturated rings. The van der Waals surface area contributed by atoms with Crippen LogP contribution in [-0.2, 0) is 11.8 Å². The second kappa shape index (κ2) is 11.0. The summed E-state index contributed by atoms with van der Waals surface area (Å²) in [6.45, 7) is 0. The van der Waals surface area contributed by atoms with Gasteiger partial charge in [-0.05, 0) is 116 Å². The molecule has 0 amide bonds. The summed E-state index contributed by atoms with van der Waals surface area (Å²) in [6.07, 6.45) is 0.911. The van der Waals surface area contributed by atoms with Gasteiger partial charge in [0.15, 0.2) is 0 Å². The minimum atomic E-state index is -0.507. The standard InChI is InChI=1S/C54H34N2/c1-2-14-35-31-48-37(29-34(35)13-1)30-36-15-3-8-20-46(36)54(48)47-28-26-38(55-50-21-9-4-16-41(50)42-17-5-10-22-51(42)55)32-45(47)40-27-25-39(33-49(40)54)56-52-23-11-6-18-43(52)44-19-7-12-24-53(44)56/h1-29,31-33H,30H2. The van der Waals surface area contributed by atoms with E-state index >= 15 is 0 Å². The lowest BCUT2D eigenvalue weighted by atomic mass is 9.61. The molecule has 1 atom stereocenters. The molecule has 2 heteroatoms. The topological polar surface area (TPSA) is 9.86 Å². The first kappa shape index (κ1) is 30.2. The number of hydrogen-bond donors (Lipinski definition) is 0. The molecule has 0 saturated heterocycles. The summed E-state index contributed by atoms with van der Waals surface area (Å²) in [5.74, 6) is 0. The van der Waals surface area contributed by atoms with Crippen molar-refractivity contribution < 1.29 is 0 Å². The minimum Gasteiger partial charge on any atom is -0.309 e. The Morgan fingerprint density at radius 2 is 0.821 bits per heavy atom. The van der Waals surface area contributed by atoms with Gasteiger partial charge in [0.2, 0.25) is 0 Å². The van der Waals surface area contributed by atoms with Crippen molar-refractivity contribution in [1.82, 2.24) is 9.13 Å². The van der Waals surface area contributed by atoms with Gasteiger partial charge in [0.25, 0.3) is 0 Å². The molecular weight excluding hydrogens is 677 g/mol. The Labute approximate surface area is 324 Å². The van der Waals surface area contributed by atoms with Crippen LogP contribution >= 0.6 is 0 Å². The molecule has 2 aliphatic rings. The van der Waals surface area contributed by atoms with Crippen molar-refractivity contribution in [2.24, 2.45) is 0 Å². The van der Waals surface area contributed by atoms with Crippen molar-refractivity contribution in [3.05, 3.63) is 228 Å². The molecule has 0 aliphatic heterocycles. The number of nitrogens with zero attached hydrogens (tertiary/aromatic N) is 2. The maximum atomic E-state index is 2.52. The van der Waals surface area contributed by atoms with E-state index < -0.39 is 5.41 Å². The fourth-order valence-corrected chi connectivity index (χ4v) is 10.7. The van der Waals surface area contributed by atoms with Crippen LogP contribution in [0, 0.1) is 0 Å². The Morgan fingerprint density at radius 1 is 0.321 bits per heavy atom. The summed E-state index contributed by atoms with van der Waals surface area (Å²) >= 11 is 0. The third-order valence-electron chi connectivity index (χ3n) is 13.0. The summed E-state index contributed by atoms with van der Waals surface area (Å²) in [7, 11) is 0. The summed E-state index contributed by atoms with van der Waals surface area (Å²) in [4.78, 5) is 0. The Kier molecular flexibility index (Phi) is 5.91. The monoisotopic (exact) mass is 710 g/mol. The van der Waals surface area contributed by atoms with Gasteiger partial charge < -0.3 is 9.13 Å². The fraction of sp³-hybridized carbons (Fsp3) is 0.0370. The summed E-state index contributed by atoms with van der Waals surface area (Å²) in [5, 5.41) is 7.67. The molecule has 2 heterocycles. The Morgan fingerprint density at radius 3 is 1.45 bits per heavy atom. The van der Waals surface area contributed by atoms with Crippen molar-refractivity contribution in [1.29, 1.82) is 0 Å². The number of rotatable bonds is 2. The predicted molar refractivity (Wildman–Crippen MR) is 233 cm³/mol. The van der Waals surface area contributed by atoms with Gasteiger partial charge in [-0.15, -0.1) is 0 Å². The second-order valence-electron chi connectivity index (χ2n) is 15.6. The van der Waals surface area contributed by atoms with Crippen molar-refractivity contribution in [2.45, 2.75) is 11.8 Å². The van der Waals surface area contributed by atoms with E-state index in [0.29, 0.717) is 0 Å². The van der Waals surface area contributed by atoms with E-state index in [0.717, 1.165) is 6.42 Å². The lowest BCUT2D eigenvalue weighted by molar-refractivity contribution is 0.723. The number of hydrogen-bond acceptors (Lipinski definition) is 0. The largest absolute Gasteiger partial charge is 0.309 e. The van der Waals surface area contributed by atoms with E-state index in [1.807, 2.05) is 0 Å². The zero-order chi connectivity index (χ0) is 36.5. The van der Waals surface area contributed by atoms with Crippen LogP contribution in [-0.4, -0.2) is 9.13 Å². The van der Waals surface area contributed by atoms with Crippen LogP contribution < -0.4 is 0 Å². The highest BCUT2D eigenvalue weighted by atomic mass is 15.0. The van der Waals surface area contributed by atoms with Crippen LogP contribution in [0.3, 0.4) is 0 Å². The van der Waals surface area contributed by atoms with Crippen LogP contribution in [0.4, 0.5) is 0 Å².